The summed E-state index contributed by atoms with van der Waals surface area (Å²) in [6, 6.07) is 12.8. The Labute approximate surface area is 200 Å². The minimum Gasteiger partial charge on any atom is -0.355 e. The van der Waals surface area contributed by atoms with Crippen LogP contribution in [0, 0.1) is 0 Å². The second kappa shape index (κ2) is 10.3. The first-order valence-corrected chi connectivity index (χ1v) is 11.3. The van der Waals surface area contributed by atoms with E-state index in [4.69, 9.17) is 11.6 Å². The molecule has 1 saturated heterocycles. The third-order valence-corrected chi connectivity index (χ3v) is 5.87. The first-order valence-electron chi connectivity index (χ1n) is 10.9. The summed E-state index contributed by atoms with van der Waals surface area (Å²) < 4.78 is 38.9. The average Bonchev–Trinajstić information content (AvgIpc) is 3.10. The van der Waals surface area contributed by atoms with Gasteiger partial charge in [0, 0.05) is 24.3 Å². The number of carbonyl (C=O) groups excluding carboxylic acids is 1. The highest BCUT2D eigenvalue weighted by Crippen LogP contribution is 2.34. The molecule has 0 atom stereocenters. The molecule has 0 unspecified atom stereocenters. The summed E-state index contributed by atoms with van der Waals surface area (Å²) in [5.41, 5.74) is 0.779. The number of anilines is 3. The highest BCUT2D eigenvalue weighted by molar-refractivity contribution is 6.33. The molecule has 0 saturated carbocycles. The Morgan fingerprint density at radius 3 is 2.35 bits per heavy atom. The molecular formula is C24H23ClF3N5O. The van der Waals surface area contributed by atoms with Crippen LogP contribution in [0.5, 0.6) is 0 Å². The number of amides is 2. The average molecular weight is 490 g/mol. The maximum absolute atomic E-state index is 13.0. The zero-order valence-electron chi connectivity index (χ0n) is 18.2. The zero-order valence-corrected chi connectivity index (χ0v) is 19.0. The van der Waals surface area contributed by atoms with Gasteiger partial charge < -0.3 is 15.5 Å². The van der Waals surface area contributed by atoms with Gasteiger partial charge in [0.15, 0.2) is 5.82 Å². The van der Waals surface area contributed by atoms with Gasteiger partial charge in [0.05, 0.1) is 22.0 Å². The third-order valence-electron chi connectivity index (χ3n) is 5.54. The fraction of sp³-hybridized carbons (Fsp3) is 0.292. The molecule has 3 aromatic rings. The van der Waals surface area contributed by atoms with Gasteiger partial charge in [-0.05, 0) is 55.3 Å². The van der Waals surface area contributed by atoms with E-state index >= 15 is 0 Å². The van der Waals surface area contributed by atoms with Crippen LogP contribution in [-0.4, -0.2) is 29.3 Å². The maximum Gasteiger partial charge on any atom is 0.416 e. The van der Waals surface area contributed by atoms with Crippen LogP contribution in [0.25, 0.3) is 11.3 Å². The van der Waals surface area contributed by atoms with Gasteiger partial charge in [-0.15, -0.1) is 10.2 Å². The summed E-state index contributed by atoms with van der Waals surface area (Å²) >= 11 is 5.95. The molecule has 6 nitrogen and oxygen atoms in total. The number of alkyl halides is 3. The number of nitrogens with zero attached hydrogens (tertiary/aromatic N) is 3. The summed E-state index contributed by atoms with van der Waals surface area (Å²) in [5, 5.41) is 13.7. The second-order valence-electron chi connectivity index (χ2n) is 8.03. The lowest BCUT2D eigenvalue weighted by molar-refractivity contribution is -0.137. The Bertz CT molecular complexity index is 1150. The van der Waals surface area contributed by atoms with E-state index in [9.17, 15) is 18.0 Å². The monoisotopic (exact) mass is 489 g/mol. The largest absolute Gasteiger partial charge is 0.416 e. The van der Waals surface area contributed by atoms with Crippen molar-refractivity contribution in [3.63, 3.8) is 0 Å². The Morgan fingerprint density at radius 2 is 1.68 bits per heavy atom. The molecule has 0 radical (unpaired) electrons. The molecule has 4 rings (SSSR count). The molecule has 0 bridgehead atoms. The summed E-state index contributed by atoms with van der Waals surface area (Å²) in [4.78, 5) is 14.6. The SMILES string of the molecule is O=C(Nc1cccc(-c2ccc(N3CCCCCC3)nn2)c1)Nc1cc(C(F)(F)F)ccc1Cl. The van der Waals surface area contributed by atoms with E-state index in [2.05, 4.69) is 25.7 Å². The van der Waals surface area contributed by atoms with E-state index in [-0.39, 0.29) is 10.7 Å². The van der Waals surface area contributed by atoms with E-state index in [0.29, 0.717) is 11.4 Å². The van der Waals surface area contributed by atoms with Crippen LogP contribution in [-0.2, 0) is 6.18 Å². The molecule has 1 fully saturated rings. The van der Waals surface area contributed by atoms with Gasteiger partial charge in [0.25, 0.3) is 0 Å². The number of nitrogens with one attached hydrogen (secondary N) is 2. The predicted octanol–water partition coefficient (Wildman–Crippen LogP) is 6.84. The molecule has 34 heavy (non-hydrogen) atoms. The fourth-order valence-corrected chi connectivity index (χ4v) is 3.95. The van der Waals surface area contributed by atoms with E-state index in [1.54, 1.807) is 18.2 Å². The molecule has 2 heterocycles. The van der Waals surface area contributed by atoms with Crippen molar-refractivity contribution in [3.8, 4) is 11.3 Å². The number of aromatic nitrogens is 2. The van der Waals surface area contributed by atoms with Crippen molar-refractivity contribution in [1.82, 2.24) is 10.2 Å². The van der Waals surface area contributed by atoms with Gasteiger partial charge in [0.1, 0.15) is 0 Å². The molecule has 2 aromatic carbocycles. The van der Waals surface area contributed by atoms with Crippen LogP contribution in [0.4, 0.5) is 35.2 Å². The van der Waals surface area contributed by atoms with Crippen molar-refractivity contribution in [1.29, 1.82) is 0 Å². The van der Waals surface area contributed by atoms with Gasteiger partial charge in [-0.2, -0.15) is 13.2 Å². The van der Waals surface area contributed by atoms with Gasteiger partial charge >= 0.3 is 12.2 Å². The van der Waals surface area contributed by atoms with Crippen LogP contribution in [0.3, 0.4) is 0 Å². The van der Waals surface area contributed by atoms with Gasteiger partial charge in [-0.25, -0.2) is 4.79 Å². The predicted molar refractivity (Wildman–Crippen MR) is 127 cm³/mol. The van der Waals surface area contributed by atoms with E-state index in [0.717, 1.165) is 55.5 Å². The molecular weight excluding hydrogens is 467 g/mol. The van der Waals surface area contributed by atoms with Crippen molar-refractivity contribution in [2.24, 2.45) is 0 Å². The number of benzene rings is 2. The van der Waals surface area contributed by atoms with E-state index in [1.165, 1.54) is 12.8 Å². The van der Waals surface area contributed by atoms with Crippen molar-refractivity contribution in [2.75, 3.05) is 28.6 Å². The molecule has 0 spiro atoms. The molecule has 0 aliphatic carbocycles. The summed E-state index contributed by atoms with van der Waals surface area (Å²) in [5.74, 6) is 0.845. The number of halogens is 4. The molecule has 1 aliphatic rings. The summed E-state index contributed by atoms with van der Waals surface area (Å²) in [6.07, 6.45) is 0.205. The standard InChI is InChI=1S/C24H23ClF3N5O/c25-19-9-8-17(24(26,27)28)15-21(19)30-23(34)29-18-7-5-6-16(14-18)20-10-11-22(32-31-20)33-12-3-1-2-4-13-33/h5-11,14-15H,1-4,12-13H2,(H2,29,30,34). The molecule has 1 aliphatic heterocycles. The van der Waals surface area contributed by atoms with Crippen LogP contribution in [0.2, 0.25) is 5.02 Å². The lowest BCUT2D eigenvalue weighted by Crippen LogP contribution is -2.25. The Balaban J connectivity index is 1.44. The molecule has 10 heteroatoms. The van der Waals surface area contributed by atoms with Crippen LogP contribution >= 0.6 is 11.6 Å². The first kappa shape index (κ1) is 23.8. The van der Waals surface area contributed by atoms with Crippen molar-refractivity contribution < 1.29 is 18.0 Å². The number of urea groups is 1. The van der Waals surface area contributed by atoms with Crippen molar-refractivity contribution >= 4 is 34.8 Å². The smallest absolute Gasteiger partial charge is 0.355 e. The Hall–Kier alpha value is -3.33. The molecule has 2 N–H and O–H groups in total. The van der Waals surface area contributed by atoms with Gasteiger partial charge in [-0.1, -0.05) is 36.6 Å². The fourth-order valence-electron chi connectivity index (χ4n) is 3.79. The molecule has 1 aromatic heterocycles. The van der Waals surface area contributed by atoms with E-state index in [1.807, 2.05) is 18.2 Å². The normalized spacial score (nSPS) is 14.4. The molecule has 178 valence electrons. The number of carbonyl (C=O) groups is 1. The minimum absolute atomic E-state index is 0.00308. The quantitative estimate of drug-likeness (QED) is 0.421. The molecule has 2 amide bonds. The lowest BCUT2D eigenvalue weighted by atomic mass is 10.1. The summed E-state index contributed by atoms with van der Waals surface area (Å²) in [6.45, 7) is 1.94. The number of hydrogen-bond acceptors (Lipinski definition) is 4. The topological polar surface area (TPSA) is 70.2 Å². The van der Waals surface area contributed by atoms with Gasteiger partial charge in [0.2, 0.25) is 0 Å². The third kappa shape index (κ3) is 5.96. The van der Waals surface area contributed by atoms with E-state index < -0.39 is 17.8 Å². The number of hydrogen-bond donors (Lipinski definition) is 2. The lowest BCUT2D eigenvalue weighted by Gasteiger charge is -2.20. The highest BCUT2D eigenvalue weighted by Gasteiger charge is 2.31. The minimum atomic E-state index is -4.55. The Morgan fingerprint density at radius 1 is 0.912 bits per heavy atom. The zero-order chi connectivity index (χ0) is 24.1. The van der Waals surface area contributed by atoms with Crippen molar-refractivity contribution in [3.05, 3.63) is 65.2 Å². The van der Waals surface area contributed by atoms with Crippen LogP contribution < -0.4 is 15.5 Å². The highest BCUT2D eigenvalue weighted by atomic mass is 35.5. The van der Waals surface area contributed by atoms with Gasteiger partial charge in [-0.3, -0.25) is 0 Å². The second-order valence-corrected chi connectivity index (χ2v) is 8.44. The maximum atomic E-state index is 13.0. The van der Waals surface area contributed by atoms with Crippen molar-refractivity contribution in [2.45, 2.75) is 31.9 Å². The van der Waals surface area contributed by atoms with Crippen LogP contribution in [0.15, 0.2) is 54.6 Å². The summed E-state index contributed by atoms with van der Waals surface area (Å²) in [7, 11) is 0. The number of rotatable bonds is 4. The first-order chi connectivity index (χ1) is 16.3. The van der Waals surface area contributed by atoms with Crippen LogP contribution in [0.1, 0.15) is 31.2 Å². The Kier molecular flexibility index (Phi) is 7.21.